The summed E-state index contributed by atoms with van der Waals surface area (Å²) >= 11 is 1.38. The van der Waals surface area contributed by atoms with Crippen molar-refractivity contribution in [1.82, 2.24) is 9.55 Å². The van der Waals surface area contributed by atoms with Gasteiger partial charge in [-0.1, -0.05) is 29.8 Å². The fraction of sp³-hybridized carbons (Fsp3) is 0.133. The first-order chi connectivity index (χ1) is 9.70. The molecule has 0 spiro atoms. The first kappa shape index (κ1) is 12.6. The predicted octanol–water partition coefficient (Wildman–Crippen LogP) is 2.96. The Balaban J connectivity index is 2.23. The van der Waals surface area contributed by atoms with E-state index in [1.807, 2.05) is 36.6 Å². The normalized spacial score (nSPS) is 10.6. The Bertz CT molecular complexity index is 886. The van der Waals surface area contributed by atoms with Crippen LogP contribution in [0.25, 0.3) is 21.3 Å². The number of benzene rings is 1. The Labute approximate surface area is 119 Å². The minimum Gasteiger partial charge on any atom is -0.284 e. The molecule has 0 aliphatic carbocycles. The zero-order valence-electron chi connectivity index (χ0n) is 10.8. The highest BCUT2D eigenvalue weighted by Gasteiger charge is 2.12. The predicted molar refractivity (Wildman–Crippen MR) is 79.7 cm³/mol. The van der Waals surface area contributed by atoms with Crippen LogP contribution in [0.4, 0.5) is 0 Å². The Hall–Kier alpha value is -2.45. The summed E-state index contributed by atoms with van der Waals surface area (Å²) in [6.07, 6.45) is 1.44. The third-order valence-corrected chi connectivity index (χ3v) is 4.07. The van der Waals surface area contributed by atoms with Crippen molar-refractivity contribution < 1.29 is 0 Å². The number of hydrogen-bond acceptors (Lipinski definition) is 4. The van der Waals surface area contributed by atoms with Gasteiger partial charge in [-0.3, -0.25) is 9.36 Å². The van der Waals surface area contributed by atoms with Crippen LogP contribution in [0.3, 0.4) is 0 Å². The molecule has 0 aliphatic heterocycles. The molecule has 2 aromatic heterocycles. The molecule has 5 heteroatoms. The van der Waals surface area contributed by atoms with Gasteiger partial charge in [0.05, 0.1) is 17.9 Å². The fourth-order valence-electron chi connectivity index (χ4n) is 2.15. The van der Waals surface area contributed by atoms with Gasteiger partial charge in [-0.15, -0.1) is 11.3 Å². The Morgan fingerprint density at radius 1 is 1.45 bits per heavy atom. The molecule has 2 heterocycles. The van der Waals surface area contributed by atoms with Gasteiger partial charge in [0, 0.05) is 10.9 Å². The lowest BCUT2D eigenvalue weighted by molar-refractivity contribution is 0.777. The second-order valence-electron chi connectivity index (χ2n) is 4.53. The quantitative estimate of drug-likeness (QED) is 0.725. The number of aryl methyl sites for hydroxylation is 1. The van der Waals surface area contributed by atoms with Crippen LogP contribution < -0.4 is 5.56 Å². The molecule has 98 valence electrons. The van der Waals surface area contributed by atoms with Crippen LogP contribution in [0.1, 0.15) is 5.56 Å². The smallest absolute Gasteiger partial charge is 0.272 e. The van der Waals surface area contributed by atoms with Gasteiger partial charge in [-0.05, 0) is 12.5 Å². The zero-order chi connectivity index (χ0) is 14.1. The number of fused-ring (bicyclic) bond motifs is 1. The maximum atomic E-state index is 12.2. The summed E-state index contributed by atoms with van der Waals surface area (Å²) in [5.74, 6) is 0. The molecular formula is C15H11N3OS. The highest BCUT2D eigenvalue weighted by molar-refractivity contribution is 7.17. The number of nitriles is 1. The Morgan fingerprint density at radius 2 is 2.30 bits per heavy atom. The van der Waals surface area contributed by atoms with E-state index in [-0.39, 0.29) is 12.1 Å². The number of hydrogen-bond donors (Lipinski definition) is 0. The van der Waals surface area contributed by atoms with Crippen LogP contribution >= 0.6 is 11.3 Å². The van der Waals surface area contributed by atoms with Crippen molar-refractivity contribution in [3.63, 3.8) is 0 Å². The van der Waals surface area contributed by atoms with Gasteiger partial charge in [0.25, 0.3) is 5.56 Å². The molecule has 0 amide bonds. The van der Waals surface area contributed by atoms with E-state index in [2.05, 4.69) is 11.1 Å². The molecule has 0 unspecified atom stereocenters. The molecule has 0 saturated heterocycles. The van der Waals surface area contributed by atoms with Crippen LogP contribution in [-0.4, -0.2) is 9.55 Å². The zero-order valence-corrected chi connectivity index (χ0v) is 11.6. The molecule has 0 fully saturated rings. The fourth-order valence-corrected chi connectivity index (χ4v) is 3.12. The lowest BCUT2D eigenvalue weighted by Crippen LogP contribution is -2.18. The molecule has 3 rings (SSSR count). The molecule has 3 aromatic rings. The molecule has 0 radical (unpaired) electrons. The van der Waals surface area contributed by atoms with Gasteiger partial charge in [0.1, 0.15) is 11.2 Å². The summed E-state index contributed by atoms with van der Waals surface area (Å²) in [6, 6.07) is 10.1. The second kappa shape index (κ2) is 4.91. The van der Waals surface area contributed by atoms with Crippen LogP contribution in [0, 0.1) is 18.3 Å². The molecule has 4 nitrogen and oxygen atoms in total. The van der Waals surface area contributed by atoms with Gasteiger partial charge >= 0.3 is 0 Å². The van der Waals surface area contributed by atoms with Gasteiger partial charge in [-0.25, -0.2) is 4.98 Å². The van der Waals surface area contributed by atoms with E-state index in [4.69, 9.17) is 5.26 Å². The van der Waals surface area contributed by atoms with E-state index in [1.54, 1.807) is 0 Å². The summed E-state index contributed by atoms with van der Waals surface area (Å²) in [4.78, 5) is 16.6. The maximum Gasteiger partial charge on any atom is 0.272 e. The molecule has 1 aromatic carbocycles. The third kappa shape index (κ3) is 2.00. The molecule has 0 saturated carbocycles. The van der Waals surface area contributed by atoms with Crippen LogP contribution in [0.5, 0.6) is 0 Å². The number of nitrogens with zero attached hydrogens (tertiary/aromatic N) is 3. The van der Waals surface area contributed by atoms with E-state index < -0.39 is 0 Å². The van der Waals surface area contributed by atoms with Crippen LogP contribution in [-0.2, 0) is 6.54 Å². The summed E-state index contributed by atoms with van der Waals surface area (Å²) in [6.45, 7) is 2.06. The maximum absolute atomic E-state index is 12.2. The Morgan fingerprint density at radius 3 is 3.05 bits per heavy atom. The number of aromatic nitrogens is 2. The topological polar surface area (TPSA) is 58.7 Å². The summed E-state index contributed by atoms with van der Waals surface area (Å²) in [5.41, 5.74) is 3.75. The van der Waals surface area contributed by atoms with Crippen molar-refractivity contribution in [3.05, 3.63) is 51.9 Å². The third-order valence-electron chi connectivity index (χ3n) is 3.12. The number of rotatable bonds is 2. The number of thiophene rings is 1. The molecular weight excluding hydrogens is 270 g/mol. The van der Waals surface area contributed by atoms with Gasteiger partial charge in [0.15, 0.2) is 0 Å². The minimum atomic E-state index is -0.152. The standard InChI is InChI=1S/C15H11N3OS/c1-10-3-2-4-11(7-10)12-8-20-14-13(12)17-9-18(6-5-16)15(14)19/h2-4,7-9H,6H2,1H3. The monoisotopic (exact) mass is 281 g/mol. The van der Waals surface area contributed by atoms with Gasteiger partial charge in [-0.2, -0.15) is 5.26 Å². The molecule has 0 aliphatic rings. The van der Waals surface area contributed by atoms with E-state index in [0.717, 1.165) is 11.1 Å². The van der Waals surface area contributed by atoms with E-state index in [0.29, 0.717) is 10.2 Å². The summed E-state index contributed by atoms with van der Waals surface area (Å²) in [7, 11) is 0. The average molecular weight is 281 g/mol. The highest BCUT2D eigenvalue weighted by Crippen LogP contribution is 2.30. The molecule has 20 heavy (non-hydrogen) atoms. The largest absolute Gasteiger partial charge is 0.284 e. The van der Waals surface area contributed by atoms with Crippen molar-refractivity contribution in [3.8, 4) is 17.2 Å². The van der Waals surface area contributed by atoms with Crippen molar-refractivity contribution in [1.29, 1.82) is 5.26 Å². The lowest BCUT2D eigenvalue weighted by Gasteiger charge is -2.02. The lowest BCUT2D eigenvalue weighted by atomic mass is 10.1. The first-order valence-electron chi connectivity index (χ1n) is 6.11. The van der Waals surface area contributed by atoms with Gasteiger partial charge in [0.2, 0.25) is 0 Å². The average Bonchev–Trinajstić information content (AvgIpc) is 2.87. The van der Waals surface area contributed by atoms with Crippen LogP contribution in [0.2, 0.25) is 0 Å². The van der Waals surface area contributed by atoms with E-state index in [9.17, 15) is 4.79 Å². The first-order valence-corrected chi connectivity index (χ1v) is 6.99. The van der Waals surface area contributed by atoms with E-state index >= 15 is 0 Å². The summed E-state index contributed by atoms with van der Waals surface area (Å²) in [5, 5.41) is 10.6. The SMILES string of the molecule is Cc1cccc(-c2csc3c(=O)n(CC#N)cnc23)c1. The van der Waals surface area contributed by atoms with Crippen molar-refractivity contribution in [2.45, 2.75) is 13.5 Å². The second-order valence-corrected chi connectivity index (χ2v) is 5.41. The van der Waals surface area contributed by atoms with Crippen molar-refractivity contribution in [2.75, 3.05) is 0 Å². The molecule has 0 bridgehead atoms. The summed E-state index contributed by atoms with van der Waals surface area (Å²) < 4.78 is 1.93. The molecule has 0 N–H and O–H groups in total. The minimum absolute atomic E-state index is 0.0272. The molecule has 0 atom stereocenters. The van der Waals surface area contributed by atoms with Crippen molar-refractivity contribution >= 4 is 21.6 Å². The van der Waals surface area contributed by atoms with Gasteiger partial charge < -0.3 is 0 Å². The van der Waals surface area contributed by atoms with Crippen molar-refractivity contribution in [2.24, 2.45) is 0 Å². The highest BCUT2D eigenvalue weighted by atomic mass is 32.1. The Kier molecular flexibility index (Phi) is 3.09. The van der Waals surface area contributed by atoms with E-state index in [1.165, 1.54) is 27.8 Å². The van der Waals surface area contributed by atoms with Crippen LogP contribution in [0.15, 0.2) is 40.8 Å².